The second kappa shape index (κ2) is 9.49. The summed E-state index contributed by atoms with van der Waals surface area (Å²) < 4.78 is 5.03. The van der Waals surface area contributed by atoms with Crippen molar-refractivity contribution in [3.05, 3.63) is 59.5 Å². The number of methoxy groups -OCH3 is 1. The van der Waals surface area contributed by atoms with Crippen LogP contribution in [0, 0.1) is 0 Å². The first kappa shape index (κ1) is 21.4. The van der Waals surface area contributed by atoms with Gasteiger partial charge in [-0.05, 0) is 36.6 Å². The van der Waals surface area contributed by atoms with Crippen LogP contribution in [0.3, 0.4) is 0 Å². The maximum atomic E-state index is 12.6. The summed E-state index contributed by atoms with van der Waals surface area (Å²) in [5, 5.41) is 2.91. The predicted octanol–water partition coefficient (Wildman–Crippen LogP) is 3.08. The van der Waals surface area contributed by atoms with Gasteiger partial charge in [0.1, 0.15) is 5.02 Å². The van der Waals surface area contributed by atoms with Gasteiger partial charge in [-0.1, -0.05) is 30.3 Å². The average molecular weight is 428 g/mol. The van der Waals surface area contributed by atoms with Gasteiger partial charge in [0.05, 0.1) is 24.9 Å². The number of hydrogen-bond donors (Lipinski definition) is 1. The van der Waals surface area contributed by atoms with Crippen LogP contribution in [0.1, 0.15) is 30.5 Å². The van der Waals surface area contributed by atoms with Gasteiger partial charge >= 0.3 is 0 Å². The van der Waals surface area contributed by atoms with Crippen LogP contribution in [-0.4, -0.2) is 51.9 Å². The summed E-state index contributed by atoms with van der Waals surface area (Å²) in [6.45, 7) is 6.46. The van der Waals surface area contributed by atoms with E-state index >= 15 is 0 Å². The van der Waals surface area contributed by atoms with Gasteiger partial charge in [0.2, 0.25) is 23.6 Å². The average Bonchev–Trinajstić information content (AvgIpc) is 2.79. The number of halogens is 1. The van der Waals surface area contributed by atoms with E-state index in [1.807, 2.05) is 12.1 Å². The molecule has 8 nitrogen and oxygen atoms in total. The molecule has 0 aromatic carbocycles. The largest absolute Gasteiger partial charge is 0.480 e. The number of nitrogens with one attached hydrogen (secondary N) is 1. The van der Waals surface area contributed by atoms with E-state index in [1.54, 1.807) is 18.0 Å². The molecule has 9 heteroatoms. The van der Waals surface area contributed by atoms with Crippen LogP contribution in [0.4, 0.5) is 5.95 Å². The van der Waals surface area contributed by atoms with Crippen molar-refractivity contribution in [2.45, 2.75) is 19.3 Å². The van der Waals surface area contributed by atoms with E-state index in [2.05, 4.69) is 32.9 Å². The third kappa shape index (κ3) is 4.83. The minimum Gasteiger partial charge on any atom is -0.480 e. The van der Waals surface area contributed by atoms with E-state index in [0.717, 1.165) is 23.3 Å². The first-order valence-corrected chi connectivity index (χ1v) is 9.74. The number of amides is 2. The first-order chi connectivity index (χ1) is 14.4. The number of carbonyl (C=O) groups is 2. The van der Waals surface area contributed by atoms with Crippen molar-refractivity contribution in [3.63, 3.8) is 0 Å². The Morgan fingerprint density at radius 1 is 1.33 bits per heavy atom. The van der Waals surface area contributed by atoms with Crippen molar-refractivity contribution in [1.82, 2.24) is 19.9 Å². The Kier molecular flexibility index (Phi) is 6.79. The van der Waals surface area contributed by atoms with Crippen LogP contribution in [0.25, 0.3) is 5.57 Å². The predicted molar refractivity (Wildman–Crippen MR) is 114 cm³/mol. The van der Waals surface area contributed by atoms with E-state index in [0.29, 0.717) is 13.1 Å². The zero-order chi connectivity index (χ0) is 21.7. The van der Waals surface area contributed by atoms with E-state index in [-0.39, 0.29) is 28.7 Å². The second-order valence-electron chi connectivity index (χ2n) is 6.72. The van der Waals surface area contributed by atoms with E-state index in [9.17, 15) is 9.59 Å². The molecule has 0 radical (unpaired) electrons. The molecule has 2 amide bonds. The molecule has 1 aliphatic rings. The van der Waals surface area contributed by atoms with Crippen molar-refractivity contribution < 1.29 is 14.3 Å². The number of rotatable bonds is 6. The van der Waals surface area contributed by atoms with Gasteiger partial charge in [0.15, 0.2) is 0 Å². The molecule has 3 heterocycles. The Morgan fingerprint density at radius 3 is 2.80 bits per heavy atom. The normalized spacial score (nSPS) is 14.5. The molecule has 1 N–H and O–H groups in total. The molecule has 2 aromatic heterocycles. The molecule has 0 spiro atoms. The molecule has 0 fully saturated rings. The second-order valence-corrected chi connectivity index (χ2v) is 7.13. The van der Waals surface area contributed by atoms with Crippen molar-refractivity contribution >= 4 is 34.9 Å². The molecule has 0 saturated carbocycles. The highest BCUT2D eigenvalue weighted by Gasteiger charge is 2.20. The first-order valence-electron chi connectivity index (χ1n) is 9.37. The number of pyridine rings is 1. The van der Waals surface area contributed by atoms with Crippen LogP contribution >= 0.6 is 11.6 Å². The maximum absolute atomic E-state index is 12.6. The molecule has 1 aliphatic heterocycles. The highest BCUT2D eigenvalue weighted by molar-refractivity contribution is 6.31. The lowest BCUT2D eigenvalue weighted by atomic mass is 10.00. The van der Waals surface area contributed by atoms with Gasteiger partial charge < -0.3 is 9.64 Å². The molecular formula is C21H22ClN5O3. The summed E-state index contributed by atoms with van der Waals surface area (Å²) in [6, 6.07) is 3.71. The van der Waals surface area contributed by atoms with Crippen molar-refractivity contribution in [2.75, 3.05) is 25.5 Å². The summed E-state index contributed by atoms with van der Waals surface area (Å²) in [5.41, 5.74) is 2.49. The fraction of sp³-hybridized carbons (Fsp3) is 0.286. The highest BCUT2D eigenvalue weighted by Crippen LogP contribution is 2.24. The SMILES string of the molecule is C=CC(=O)N1CCC=C(c2ccc(C(C)C(=O)Nc3ncc(Cl)c(OC)n3)cn2)C1. The summed E-state index contributed by atoms with van der Waals surface area (Å²) in [4.78, 5) is 38.7. The van der Waals surface area contributed by atoms with Gasteiger partial charge in [0, 0.05) is 19.3 Å². The van der Waals surface area contributed by atoms with Crippen LogP contribution in [0.15, 0.2) is 43.3 Å². The maximum Gasteiger partial charge on any atom is 0.246 e. The smallest absolute Gasteiger partial charge is 0.246 e. The minimum absolute atomic E-state index is 0.0939. The van der Waals surface area contributed by atoms with E-state index in [4.69, 9.17) is 16.3 Å². The Morgan fingerprint density at radius 2 is 2.13 bits per heavy atom. The molecule has 0 bridgehead atoms. The molecular weight excluding hydrogens is 406 g/mol. The lowest BCUT2D eigenvalue weighted by Gasteiger charge is -2.26. The molecule has 30 heavy (non-hydrogen) atoms. The molecule has 1 unspecified atom stereocenters. The molecule has 3 rings (SSSR count). The number of ether oxygens (including phenoxy) is 1. The minimum atomic E-state index is -0.476. The number of carbonyl (C=O) groups excluding carboxylic acids is 2. The molecule has 0 aliphatic carbocycles. The number of anilines is 1. The monoisotopic (exact) mass is 427 g/mol. The van der Waals surface area contributed by atoms with Crippen molar-refractivity contribution in [3.8, 4) is 5.88 Å². The van der Waals surface area contributed by atoms with E-state index in [1.165, 1.54) is 19.4 Å². The van der Waals surface area contributed by atoms with Gasteiger partial charge in [-0.25, -0.2) is 4.98 Å². The zero-order valence-electron chi connectivity index (χ0n) is 16.8. The van der Waals surface area contributed by atoms with Crippen LogP contribution in [0.5, 0.6) is 5.88 Å². The molecule has 1 atom stereocenters. The standard InChI is InChI=1S/C21H22ClN5O3/c1-4-18(28)27-9-5-6-15(12-27)17-8-7-14(10-23-17)13(2)19(29)25-21-24-11-16(22)20(26-21)30-3/h4,6-8,10-11,13H,1,5,9,12H2,2-3H3,(H,24,25,26,29). The summed E-state index contributed by atoms with van der Waals surface area (Å²) >= 11 is 5.90. The summed E-state index contributed by atoms with van der Waals surface area (Å²) in [5.74, 6) is -0.560. The van der Waals surface area contributed by atoms with Crippen LogP contribution in [0.2, 0.25) is 5.02 Å². The Hall–Kier alpha value is -3.26. The van der Waals surface area contributed by atoms with Crippen LogP contribution in [-0.2, 0) is 9.59 Å². The fourth-order valence-corrected chi connectivity index (χ4v) is 3.19. The third-order valence-electron chi connectivity index (χ3n) is 4.79. The molecule has 0 saturated heterocycles. The lowest BCUT2D eigenvalue weighted by molar-refractivity contribution is -0.125. The molecule has 156 valence electrons. The van der Waals surface area contributed by atoms with Crippen molar-refractivity contribution in [1.29, 1.82) is 0 Å². The third-order valence-corrected chi connectivity index (χ3v) is 5.05. The lowest BCUT2D eigenvalue weighted by Crippen LogP contribution is -2.34. The zero-order valence-corrected chi connectivity index (χ0v) is 17.5. The summed E-state index contributed by atoms with van der Waals surface area (Å²) in [6.07, 6.45) is 7.19. The van der Waals surface area contributed by atoms with Gasteiger partial charge in [-0.3, -0.25) is 19.9 Å². The van der Waals surface area contributed by atoms with Crippen molar-refractivity contribution in [2.24, 2.45) is 0 Å². The summed E-state index contributed by atoms with van der Waals surface area (Å²) in [7, 11) is 1.43. The van der Waals surface area contributed by atoms with Crippen LogP contribution < -0.4 is 10.1 Å². The Balaban J connectivity index is 1.68. The highest BCUT2D eigenvalue weighted by atomic mass is 35.5. The quantitative estimate of drug-likeness (QED) is 0.711. The van der Waals surface area contributed by atoms with Gasteiger partial charge in [-0.2, -0.15) is 4.98 Å². The number of nitrogens with zero attached hydrogens (tertiary/aromatic N) is 4. The van der Waals surface area contributed by atoms with E-state index < -0.39 is 5.92 Å². The fourth-order valence-electron chi connectivity index (χ4n) is 3.02. The Labute approximate surface area is 179 Å². The molecule has 2 aromatic rings. The number of aromatic nitrogens is 3. The van der Waals surface area contributed by atoms with Gasteiger partial charge in [-0.15, -0.1) is 0 Å². The van der Waals surface area contributed by atoms with Gasteiger partial charge in [0.25, 0.3) is 0 Å². The number of hydrogen-bond acceptors (Lipinski definition) is 6. The Bertz CT molecular complexity index is 991. The topological polar surface area (TPSA) is 97.3 Å².